The normalized spacial score (nSPS) is 15.5. The Morgan fingerprint density at radius 1 is 0.343 bits per heavy atom. The standard InChI is InChI=1S/C65H43NO/c1-64(45-21-4-2-5-22-45)55-31-14-12-28-52(55)53-37-36-48(41-60(53)64)66(46-23-6-3-7-24-46)47-25-16-20-44(40-47)49-30-17-33-57-61(49)54-29-13-15-32-56(54)65(57)58-38-34-42-18-8-10-26-50(42)62(58)67-63-51-27-11-9-19-43(51)35-39-59(63)65/h2-41H,1H3. The van der Waals surface area contributed by atoms with Gasteiger partial charge in [0, 0.05) is 44.4 Å². The number of fused-ring (bicyclic) bond motifs is 16. The number of para-hydroxylation sites is 1. The molecule has 0 saturated carbocycles. The average Bonchev–Trinajstić information content (AvgIpc) is 3.84. The number of rotatable bonds is 5. The molecule has 14 rings (SSSR count). The fourth-order valence-electron chi connectivity index (χ4n) is 12.2. The van der Waals surface area contributed by atoms with E-state index in [2.05, 4.69) is 254 Å². The highest BCUT2D eigenvalue weighted by Crippen LogP contribution is 2.65. The number of ether oxygens (including phenoxy) is 1. The minimum Gasteiger partial charge on any atom is -0.455 e. The molecule has 0 radical (unpaired) electrons. The highest BCUT2D eigenvalue weighted by atomic mass is 16.5. The van der Waals surface area contributed by atoms with Gasteiger partial charge in [0.05, 0.1) is 5.41 Å². The highest BCUT2D eigenvalue weighted by molar-refractivity contribution is 6.02. The van der Waals surface area contributed by atoms with Gasteiger partial charge in [0.15, 0.2) is 0 Å². The Bertz CT molecular complexity index is 3730. The number of anilines is 3. The smallest absolute Gasteiger partial charge is 0.140 e. The molecule has 67 heavy (non-hydrogen) atoms. The lowest BCUT2D eigenvalue weighted by Crippen LogP contribution is -2.32. The molecule has 0 amide bonds. The van der Waals surface area contributed by atoms with Crippen LogP contribution in [0.1, 0.15) is 45.9 Å². The summed E-state index contributed by atoms with van der Waals surface area (Å²) in [5, 5.41) is 4.57. The van der Waals surface area contributed by atoms with Gasteiger partial charge in [0.25, 0.3) is 0 Å². The Morgan fingerprint density at radius 3 is 1.61 bits per heavy atom. The number of hydrogen-bond donors (Lipinski definition) is 0. The Morgan fingerprint density at radius 2 is 0.881 bits per heavy atom. The van der Waals surface area contributed by atoms with E-state index in [1.807, 2.05) is 0 Å². The molecule has 0 N–H and O–H groups in total. The molecule has 2 nitrogen and oxygen atoms in total. The third-order valence-electron chi connectivity index (χ3n) is 15.2. The Balaban J connectivity index is 0.986. The van der Waals surface area contributed by atoms with Crippen LogP contribution < -0.4 is 9.64 Å². The summed E-state index contributed by atoms with van der Waals surface area (Å²) in [5.41, 5.74) is 18.7. The third kappa shape index (κ3) is 5.21. The second kappa shape index (κ2) is 14.3. The monoisotopic (exact) mass is 853 g/mol. The lowest BCUT2D eigenvalue weighted by atomic mass is 9.65. The molecule has 0 fully saturated rings. The first kappa shape index (κ1) is 37.9. The molecule has 0 bridgehead atoms. The van der Waals surface area contributed by atoms with Gasteiger partial charge in [-0.1, -0.05) is 206 Å². The van der Waals surface area contributed by atoms with E-state index in [0.717, 1.165) is 55.7 Å². The molecule has 2 heteroatoms. The predicted octanol–water partition coefficient (Wildman–Crippen LogP) is 16.9. The van der Waals surface area contributed by atoms with Crippen molar-refractivity contribution in [1.82, 2.24) is 0 Å². The largest absolute Gasteiger partial charge is 0.455 e. The zero-order valence-electron chi connectivity index (χ0n) is 36.9. The molecule has 1 aliphatic heterocycles. The van der Waals surface area contributed by atoms with Gasteiger partial charge in [-0.3, -0.25) is 0 Å². The quantitative estimate of drug-likeness (QED) is 0.171. The lowest BCUT2D eigenvalue weighted by molar-refractivity contribution is 0.447. The number of nitrogens with zero attached hydrogens (tertiary/aromatic N) is 1. The van der Waals surface area contributed by atoms with Gasteiger partial charge in [-0.2, -0.15) is 0 Å². The summed E-state index contributed by atoms with van der Waals surface area (Å²) in [6.45, 7) is 2.39. The van der Waals surface area contributed by atoms with Crippen molar-refractivity contribution >= 4 is 38.6 Å². The molecule has 3 aliphatic rings. The van der Waals surface area contributed by atoms with E-state index < -0.39 is 5.41 Å². The van der Waals surface area contributed by atoms with Gasteiger partial charge in [-0.15, -0.1) is 0 Å². The van der Waals surface area contributed by atoms with Crippen LogP contribution in [0.4, 0.5) is 17.1 Å². The van der Waals surface area contributed by atoms with Crippen LogP contribution in [0.3, 0.4) is 0 Å². The van der Waals surface area contributed by atoms with Crippen molar-refractivity contribution in [3.63, 3.8) is 0 Å². The fourth-order valence-corrected chi connectivity index (χ4v) is 12.2. The van der Waals surface area contributed by atoms with Crippen LogP contribution in [0.25, 0.3) is 54.9 Å². The molecule has 0 aromatic heterocycles. The molecule has 11 aromatic carbocycles. The minimum atomic E-state index is -0.625. The van der Waals surface area contributed by atoms with E-state index in [1.165, 1.54) is 66.8 Å². The molecule has 1 spiro atoms. The maximum atomic E-state index is 7.24. The van der Waals surface area contributed by atoms with Crippen molar-refractivity contribution in [3.05, 3.63) is 282 Å². The second-order valence-corrected chi connectivity index (χ2v) is 18.4. The van der Waals surface area contributed by atoms with Crippen molar-refractivity contribution in [2.24, 2.45) is 0 Å². The van der Waals surface area contributed by atoms with Crippen molar-refractivity contribution in [3.8, 4) is 44.9 Å². The maximum Gasteiger partial charge on any atom is 0.140 e. The van der Waals surface area contributed by atoms with Gasteiger partial charge in [-0.25, -0.2) is 0 Å². The van der Waals surface area contributed by atoms with Crippen LogP contribution in [0, 0.1) is 0 Å². The van der Waals surface area contributed by atoms with E-state index in [1.54, 1.807) is 0 Å². The summed E-state index contributed by atoms with van der Waals surface area (Å²) in [7, 11) is 0. The van der Waals surface area contributed by atoms with Crippen LogP contribution >= 0.6 is 0 Å². The first-order valence-electron chi connectivity index (χ1n) is 23.3. The van der Waals surface area contributed by atoms with E-state index in [-0.39, 0.29) is 5.41 Å². The van der Waals surface area contributed by atoms with E-state index in [4.69, 9.17) is 4.74 Å². The molecule has 1 atom stereocenters. The molecule has 11 aromatic rings. The summed E-state index contributed by atoms with van der Waals surface area (Å²) >= 11 is 0. The van der Waals surface area contributed by atoms with E-state index >= 15 is 0 Å². The summed E-state index contributed by atoms with van der Waals surface area (Å²) in [4.78, 5) is 2.43. The average molecular weight is 854 g/mol. The van der Waals surface area contributed by atoms with Crippen LogP contribution in [0.5, 0.6) is 11.5 Å². The zero-order chi connectivity index (χ0) is 44.3. The van der Waals surface area contributed by atoms with Crippen molar-refractivity contribution < 1.29 is 4.74 Å². The fraction of sp³-hybridized carbons (Fsp3) is 0.0462. The van der Waals surface area contributed by atoms with Crippen LogP contribution in [0.15, 0.2) is 243 Å². The zero-order valence-corrected chi connectivity index (χ0v) is 36.9. The van der Waals surface area contributed by atoms with Gasteiger partial charge < -0.3 is 9.64 Å². The van der Waals surface area contributed by atoms with Crippen LogP contribution in [-0.2, 0) is 10.8 Å². The van der Waals surface area contributed by atoms with Crippen molar-refractivity contribution in [1.29, 1.82) is 0 Å². The number of hydrogen-bond acceptors (Lipinski definition) is 2. The Kier molecular flexibility index (Phi) is 8.06. The van der Waals surface area contributed by atoms with Crippen molar-refractivity contribution in [2.75, 3.05) is 4.90 Å². The summed E-state index contributed by atoms with van der Waals surface area (Å²) in [5.74, 6) is 1.85. The van der Waals surface area contributed by atoms with Gasteiger partial charge in [0.1, 0.15) is 11.5 Å². The maximum absolute atomic E-state index is 7.24. The van der Waals surface area contributed by atoms with Crippen LogP contribution in [-0.4, -0.2) is 0 Å². The molecule has 0 saturated heterocycles. The lowest BCUT2D eigenvalue weighted by Gasteiger charge is -2.40. The Labute approximate surface area is 390 Å². The first-order chi connectivity index (χ1) is 33.1. The SMILES string of the molecule is CC1(c2ccccc2)c2ccccc2-c2ccc(N(c3ccccc3)c3cccc(-c4cccc5c4-c4ccccc4C54c5ccc6ccccc6c5Oc5c4ccc4ccccc54)c3)cc21. The second-order valence-electron chi connectivity index (χ2n) is 18.4. The molecule has 314 valence electrons. The first-order valence-corrected chi connectivity index (χ1v) is 23.3. The van der Waals surface area contributed by atoms with Gasteiger partial charge >= 0.3 is 0 Å². The van der Waals surface area contributed by atoms with Crippen molar-refractivity contribution in [2.45, 2.75) is 17.8 Å². The molecule has 1 unspecified atom stereocenters. The minimum absolute atomic E-state index is 0.318. The van der Waals surface area contributed by atoms with Crippen LogP contribution in [0.2, 0.25) is 0 Å². The summed E-state index contributed by atoms with van der Waals surface area (Å²) in [6.07, 6.45) is 0. The highest BCUT2D eigenvalue weighted by Gasteiger charge is 2.52. The Hall–Kier alpha value is -8.46. The molecule has 2 aliphatic carbocycles. The molecular formula is C65H43NO. The summed E-state index contributed by atoms with van der Waals surface area (Å²) < 4.78 is 7.24. The topological polar surface area (TPSA) is 12.5 Å². The summed E-state index contributed by atoms with van der Waals surface area (Å²) in [6, 6.07) is 89.5. The van der Waals surface area contributed by atoms with E-state index in [9.17, 15) is 0 Å². The van der Waals surface area contributed by atoms with Gasteiger partial charge in [-0.05, 0) is 115 Å². The van der Waals surface area contributed by atoms with E-state index in [0.29, 0.717) is 0 Å². The molecular weight excluding hydrogens is 811 g/mol. The molecule has 1 heterocycles. The predicted molar refractivity (Wildman–Crippen MR) is 276 cm³/mol. The number of benzene rings is 11. The van der Waals surface area contributed by atoms with Gasteiger partial charge in [0.2, 0.25) is 0 Å². The third-order valence-corrected chi connectivity index (χ3v) is 15.2.